The number of ether oxygens (including phenoxy) is 3. The van der Waals surface area contributed by atoms with Gasteiger partial charge in [-0.25, -0.2) is 0 Å². The molecule has 2 atom stereocenters. The molecule has 2 unspecified atom stereocenters. The maximum Gasteiger partial charge on any atom is 0.0858 e. The summed E-state index contributed by atoms with van der Waals surface area (Å²) in [7, 11) is 0. The van der Waals surface area contributed by atoms with E-state index < -0.39 is 0 Å². The smallest absolute Gasteiger partial charge is 0.0858 e. The Hall–Kier alpha value is -0.120. The summed E-state index contributed by atoms with van der Waals surface area (Å²) < 4.78 is 15.4. The zero-order valence-corrected chi connectivity index (χ0v) is 25.3. The van der Waals surface area contributed by atoms with E-state index in [1.165, 1.54) is 38.5 Å². The summed E-state index contributed by atoms with van der Waals surface area (Å²) in [5, 5.41) is 0. The Morgan fingerprint density at radius 3 is 1.03 bits per heavy atom. The van der Waals surface area contributed by atoms with Crippen LogP contribution in [-0.2, 0) is 14.2 Å². The molecule has 0 spiro atoms. The zero-order chi connectivity index (χ0) is 26.2. The molecule has 0 aromatic heterocycles. The van der Waals surface area contributed by atoms with Crippen molar-refractivity contribution in [2.45, 2.75) is 128 Å². The number of rotatable bonds is 0. The van der Waals surface area contributed by atoms with Gasteiger partial charge in [-0.05, 0) is 52.8 Å². The second kappa shape index (κ2) is 13.4. The molecule has 0 N–H and O–H groups in total. The van der Waals surface area contributed by atoms with E-state index in [0.29, 0.717) is 27.8 Å². The van der Waals surface area contributed by atoms with Crippen LogP contribution in [0, 0.1) is 39.4 Å². The fraction of sp³-hybridized carbons (Fsp3) is 1.00. The molecule has 34 heavy (non-hydrogen) atoms. The van der Waals surface area contributed by atoms with Crippen LogP contribution in [0.5, 0.6) is 0 Å². The lowest BCUT2D eigenvalue weighted by Crippen LogP contribution is -2.37. The van der Waals surface area contributed by atoms with E-state index in [4.69, 9.17) is 14.2 Å². The van der Waals surface area contributed by atoms with Crippen LogP contribution in [0.3, 0.4) is 0 Å². The SMILES string of the molecule is CC(C)(C)C1CCCCC1.CC(C)(C)C1CCOC1.CC(C)(C)C1CO1.CC(C)(C)C1COC1. The van der Waals surface area contributed by atoms with E-state index >= 15 is 0 Å². The average Bonchev–Trinajstić information content (AvgIpc) is 3.35. The van der Waals surface area contributed by atoms with Crippen molar-refractivity contribution >= 4 is 0 Å². The minimum Gasteiger partial charge on any atom is -0.381 e. The van der Waals surface area contributed by atoms with Gasteiger partial charge >= 0.3 is 0 Å². The van der Waals surface area contributed by atoms with Crippen molar-refractivity contribution < 1.29 is 14.2 Å². The molecule has 0 bridgehead atoms. The maximum absolute atomic E-state index is 5.28. The third-order valence-corrected chi connectivity index (χ3v) is 8.15. The van der Waals surface area contributed by atoms with Gasteiger partial charge in [-0.1, -0.05) is 102 Å². The Labute approximate surface area is 214 Å². The normalized spacial score (nSPS) is 26.1. The molecule has 1 saturated carbocycles. The van der Waals surface area contributed by atoms with E-state index in [1.54, 1.807) is 0 Å². The summed E-state index contributed by atoms with van der Waals surface area (Å²) in [5.41, 5.74) is 1.88. The quantitative estimate of drug-likeness (QED) is 0.323. The molecular formula is C31H62O3. The van der Waals surface area contributed by atoms with Gasteiger partial charge in [0.25, 0.3) is 0 Å². The van der Waals surface area contributed by atoms with E-state index in [9.17, 15) is 0 Å². The summed E-state index contributed by atoms with van der Waals surface area (Å²) in [6.45, 7) is 32.3. The van der Waals surface area contributed by atoms with Gasteiger partial charge in [0.2, 0.25) is 0 Å². The third-order valence-electron chi connectivity index (χ3n) is 8.15. The van der Waals surface area contributed by atoms with Crippen LogP contribution in [0.25, 0.3) is 0 Å². The fourth-order valence-electron chi connectivity index (χ4n) is 4.47. The minimum absolute atomic E-state index is 0.389. The molecular weight excluding hydrogens is 420 g/mol. The molecule has 1 aliphatic carbocycles. The van der Waals surface area contributed by atoms with Crippen LogP contribution in [0.4, 0.5) is 0 Å². The highest BCUT2D eigenvalue weighted by Gasteiger charge is 2.35. The largest absolute Gasteiger partial charge is 0.381 e. The van der Waals surface area contributed by atoms with Gasteiger partial charge in [-0.3, -0.25) is 0 Å². The second-order valence-electron chi connectivity index (χ2n) is 15.4. The van der Waals surface area contributed by atoms with Gasteiger partial charge in [-0.15, -0.1) is 0 Å². The van der Waals surface area contributed by atoms with Crippen molar-refractivity contribution in [3.8, 4) is 0 Å². The van der Waals surface area contributed by atoms with Crippen LogP contribution < -0.4 is 0 Å². The summed E-state index contributed by atoms with van der Waals surface area (Å²) in [4.78, 5) is 0. The molecule has 0 radical (unpaired) electrons. The molecule has 3 aliphatic heterocycles. The monoisotopic (exact) mass is 482 g/mol. The lowest BCUT2D eigenvalue weighted by Gasteiger charge is -2.37. The summed E-state index contributed by atoms with van der Waals surface area (Å²) in [6, 6.07) is 0. The number of epoxide rings is 1. The summed E-state index contributed by atoms with van der Waals surface area (Å²) in [6.07, 6.45) is 9.18. The third kappa shape index (κ3) is 13.3. The Balaban J connectivity index is 0.000000228. The van der Waals surface area contributed by atoms with E-state index in [-0.39, 0.29) is 0 Å². The molecule has 3 saturated heterocycles. The first-order chi connectivity index (χ1) is 15.4. The van der Waals surface area contributed by atoms with Gasteiger partial charge in [0.05, 0.1) is 25.9 Å². The first-order valence-electron chi connectivity index (χ1n) is 14.2. The predicted molar refractivity (Wildman–Crippen MR) is 147 cm³/mol. The van der Waals surface area contributed by atoms with E-state index in [0.717, 1.165) is 50.8 Å². The fourth-order valence-corrected chi connectivity index (χ4v) is 4.47. The Morgan fingerprint density at radius 1 is 0.441 bits per heavy atom. The Kier molecular flexibility index (Phi) is 12.6. The molecule has 204 valence electrons. The van der Waals surface area contributed by atoms with Crippen molar-refractivity contribution in [3.63, 3.8) is 0 Å². The standard InChI is InChI=1S/C10H20.C8H16O.C7H14O.C6H12O/c1-10(2,3)9-7-5-4-6-8-9;1-8(2,3)7-4-5-9-6-7;1-7(2,3)6-4-8-5-6;1-6(2,3)5-4-7-5/h9H,4-8H2,1-3H3;7H,4-6H2,1-3H3;6H,4-5H2,1-3H3;5H,4H2,1-3H3. The first-order valence-corrected chi connectivity index (χ1v) is 14.2. The minimum atomic E-state index is 0.389. The highest BCUT2D eigenvalue weighted by Crippen LogP contribution is 2.37. The van der Waals surface area contributed by atoms with Crippen molar-refractivity contribution in [2.75, 3.05) is 33.0 Å². The molecule has 3 nitrogen and oxygen atoms in total. The Morgan fingerprint density at radius 2 is 0.882 bits per heavy atom. The van der Waals surface area contributed by atoms with Gasteiger partial charge in [0.15, 0.2) is 0 Å². The highest BCUT2D eigenvalue weighted by molar-refractivity contribution is 4.82. The van der Waals surface area contributed by atoms with Gasteiger partial charge in [0, 0.05) is 19.1 Å². The molecule has 4 fully saturated rings. The van der Waals surface area contributed by atoms with Crippen LogP contribution in [0.1, 0.15) is 122 Å². The Bertz CT molecular complexity index is 521. The zero-order valence-electron chi connectivity index (χ0n) is 25.3. The second-order valence-corrected chi connectivity index (χ2v) is 15.4. The van der Waals surface area contributed by atoms with Crippen molar-refractivity contribution in [3.05, 3.63) is 0 Å². The summed E-state index contributed by atoms with van der Waals surface area (Å²) in [5.74, 6) is 2.60. The van der Waals surface area contributed by atoms with Crippen molar-refractivity contribution in [2.24, 2.45) is 39.4 Å². The lowest BCUT2D eigenvalue weighted by molar-refractivity contribution is -0.0821. The molecule has 4 aliphatic rings. The van der Waals surface area contributed by atoms with E-state index in [2.05, 4.69) is 83.1 Å². The molecule has 4 rings (SSSR count). The van der Waals surface area contributed by atoms with Gasteiger partial charge in [-0.2, -0.15) is 0 Å². The van der Waals surface area contributed by atoms with Crippen molar-refractivity contribution in [1.29, 1.82) is 0 Å². The lowest BCUT2D eigenvalue weighted by atomic mass is 9.72. The van der Waals surface area contributed by atoms with Crippen LogP contribution in [-0.4, -0.2) is 39.1 Å². The highest BCUT2D eigenvalue weighted by atomic mass is 16.6. The molecule has 0 amide bonds. The average molecular weight is 483 g/mol. The topological polar surface area (TPSA) is 31.0 Å². The van der Waals surface area contributed by atoms with Gasteiger partial charge in [0.1, 0.15) is 0 Å². The summed E-state index contributed by atoms with van der Waals surface area (Å²) >= 11 is 0. The molecule has 3 heterocycles. The van der Waals surface area contributed by atoms with Gasteiger partial charge < -0.3 is 14.2 Å². The van der Waals surface area contributed by atoms with Crippen LogP contribution >= 0.6 is 0 Å². The van der Waals surface area contributed by atoms with Crippen LogP contribution in [0.15, 0.2) is 0 Å². The molecule has 0 aromatic rings. The number of hydrogen-bond donors (Lipinski definition) is 0. The first kappa shape index (κ1) is 31.9. The van der Waals surface area contributed by atoms with Crippen molar-refractivity contribution in [1.82, 2.24) is 0 Å². The molecule has 0 aromatic carbocycles. The maximum atomic E-state index is 5.28. The van der Waals surface area contributed by atoms with Crippen LogP contribution in [0.2, 0.25) is 0 Å². The number of hydrogen-bond acceptors (Lipinski definition) is 3. The molecule has 3 heteroatoms. The predicted octanol–water partition coefficient (Wildman–Crippen LogP) is 8.79. The van der Waals surface area contributed by atoms with E-state index in [1.807, 2.05) is 0 Å².